The van der Waals surface area contributed by atoms with Crippen LogP contribution < -0.4 is 10.6 Å². The summed E-state index contributed by atoms with van der Waals surface area (Å²) in [4.78, 5) is 51.4. The van der Waals surface area contributed by atoms with Crippen molar-refractivity contribution in [2.75, 3.05) is 19.0 Å². The Balaban J connectivity index is 1.77. The van der Waals surface area contributed by atoms with Gasteiger partial charge in [-0.15, -0.1) is 0 Å². The van der Waals surface area contributed by atoms with Crippen molar-refractivity contribution in [2.45, 2.75) is 24.9 Å². The summed E-state index contributed by atoms with van der Waals surface area (Å²) in [7, 11) is 3.40. The van der Waals surface area contributed by atoms with Crippen molar-refractivity contribution in [2.24, 2.45) is 17.6 Å². The van der Waals surface area contributed by atoms with E-state index in [4.69, 9.17) is 10.2 Å². The third-order valence-corrected chi connectivity index (χ3v) is 7.66. The molecule has 1 amide bonds. The summed E-state index contributed by atoms with van der Waals surface area (Å²) in [5, 5.41) is 54.3. The molecular weight excluding hydrogens is 500 g/mol. The topological polar surface area (TPSA) is 212 Å². The molecule has 1 fully saturated rings. The van der Waals surface area contributed by atoms with E-state index in [2.05, 4.69) is 0 Å². The second-order valence-corrected chi connectivity index (χ2v) is 9.92. The number of rotatable bonds is 4. The molecule has 12 heteroatoms. The highest BCUT2D eigenvalue weighted by molar-refractivity contribution is 6.22. The SMILES string of the molecule is CN(C)c1cc(-c2occc2C(=O)O)c(O)c2c1C[C@H]1C[C@H]3CC(=O)C(C(N)=O)=C(O)[C@@]3(O)C(=O)C1=C2O. The molecule has 1 heterocycles. The predicted molar refractivity (Wildman–Crippen MR) is 130 cm³/mol. The average molecular weight is 524 g/mol. The molecule has 3 aliphatic carbocycles. The fraction of sp³-hybridized carbons (Fsp3) is 0.308. The largest absolute Gasteiger partial charge is 0.508 e. The van der Waals surface area contributed by atoms with Crippen LogP contribution in [0.25, 0.3) is 17.1 Å². The Morgan fingerprint density at radius 2 is 1.84 bits per heavy atom. The van der Waals surface area contributed by atoms with E-state index in [9.17, 15) is 44.7 Å². The predicted octanol–water partition coefficient (Wildman–Crippen LogP) is 1.45. The number of nitrogens with two attached hydrogens (primary N) is 1. The molecule has 1 aromatic heterocycles. The summed E-state index contributed by atoms with van der Waals surface area (Å²) in [5.74, 6) is -8.86. The lowest BCUT2D eigenvalue weighted by Crippen LogP contribution is -2.58. The quantitative estimate of drug-likeness (QED) is 0.315. The van der Waals surface area contributed by atoms with Gasteiger partial charge in [0.15, 0.2) is 17.1 Å². The minimum absolute atomic E-state index is 0.000354. The van der Waals surface area contributed by atoms with E-state index >= 15 is 0 Å². The van der Waals surface area contributed by atoms with E-state index in [1.165, 1.54) is 12.1 Å². The molecule has 3 aliphatic rings. The zero-order valence-electron chi connectivity index (χ0n) is 20.3. The summed E-state index contributed by atoms with van der Waals surface area (Å²) < 4.78 is 5.35. The average Bonchev–Trinajstić information content (AvgIpc) is 3.31. The number of carbonyl (C=O) groups excluding carboxylic acids is 3. The third-order valence-electron chi connectivity index (χ3n) is 7.66. The molecule has 0 unspecified atom stereocenters. The minimum atomic E-state index is -2.68. The van der Waals surface area contributed by atoms with Crippen LogP contribution in [0.3, 0.4) is 0 Å². The molecule has 0 aliphatic heterocycles. The van der Waals surface area contributed by atoms with Crippen LogP contribution >= 0.6 is 0 Å². The maximum atomic E-state index is 13.7. The molecule has 1 saturated carbocycles. The first-order valence-electron chi connectivity index (χ1n) is 11.6. The molecule has 12 nitrogen and oxygen atoms in total. The molecule has 2 aromatic rings. The number of carboxylic acid groups (broad SMARTS) is 1. The molecular formula is C26H24N2O10. The van der Waals surface area contributed by atoms with E-state index < -0.39 is 70.1 Å². The number of aliphatic hydroxyl groups excluding tert-OH is 2. The Bertz CT molecular complexity index is 1530. The number of benzene rings is 1. The standard InChI is InChI=1S/C26H24N2O10/c1-28(2)14-8-13(21-11(25(35)36)3-4-38-21)19(30)17-12(14)6-9-5-10-7-15(29)18(24(27)34)23(33)26(10,37)22(32)16(9)20(17)31/h3-4,8-10,30-31,33,37H,5-7H2,1-2H3,(H2,27,34)(H,35,36)/t9-,10+,26+/m1/s1. The lowest BCUT2D eigenvalue weighted by atomic mass is 9.59. The number of anilines is 1. The Labute approximate surface area is 214 Å². The van der Waals surface area contributed by atoms with Gasteiger partial charge in [0.2, 0.25) is 5.78 Å². The zero-order valence-corrected chi connectivity index (χ0v) is 20.3. The summed E-state index contributed by atoms with van der Waals surface area (Å²) in [5.41, 5.74) is 1.86. The van der Waals surface area contributed by atoms with Crippen LogP contribution in [0, 0.1) is 11.8 Å². The van der Waals surface area contributed by atoms with Crippen molar-refractivity contribution in [3.8, 4) is 17.1 Å². The number of ketones is 2. The number of nitrogens with zero attached hydrogens (tertiary/aromatic N) is 1. The number of hydrogen-bond donors (Lipinski definition) is 6. The lowest BCUT2D eigenvalue weighted by Gasteiger charge is -2.46. The van der Waals surface area contributed by atoms with Gasteiger partial charge in [-0.2, -0.15) is 0 Å². The second-order valence-electron chi connectivity index (χ2n) is 9.92. The third kappa shape index (κ3) is 3.19. The summed E-state index contributed by atoms with van der Waals surface area (Å²) >= 11 is 0. The van der Waals surface area contributed by atoms with Gasteiger partial charge in [0.25, 0.3) is 5.91 Å². The highest BCUT2D eigenvalue weighted by Crippen LogP contribution is 2.54. The normalized spacial score (nSPS) is 24.6. The van der Waals surface area contributed by atoms with Crippen LogP contribution in [0.1, 0.15) is 34.3 Å². The summed E-state index contributed by atoms with van der Waals surface area (Å²) in [6.45, 7) is 0. The number of phenolic OH excluding ortho intramolecular Hbond substituents is 1. The highest BCUT2D eigenvalue weighted by atomic mass is 16.4. The fourth-order valence-corrected chi connectivity index (χ4v) is 5.93. The molecule has 0 saturated heterocycles. The monoisotopic (exact) mass is 524 g/mol. The maximum Gasteiger partial charge on any atom is 0.339 e. The van der Waals surface area contributed by atoms with Gasteiger partial charge in [-0.3, -0.25) is 14.4 Å². The van der Waals surface area contributed by atoms with Crippen LogP contribution in [0.15, 0.2) is 39.7 Å². The van der Waals surface area contributed by atoms with Gasteiger partial charge >= 0.3 is 5.97 Å². The second kappa shape index (κ2) is 8.21. The molecule has 3 atom stereocenters. The number of fused-ring (bicyclic) bond motifs is 3. The fourth-order valence-electron chi connectivity index (χ4n) is 5.93. The smallest absolute Gasteiger partial charge is 0.339 e. The Morgan fingerprint density at radius 1 is 1.16 bits per heavy atom. The lowest BCUT2D eigenvalue weighted by molar-refractivity contribution is -0.147. The first-order valence-corrected chi connectivity index (χ1v) is 11.6. The van der Waals surface area contributed by atoms with Crippen LogP contribution in [0.5, 0.6) is 5.75 Å². The molecule has 0 spiro atoms. The van der Waals surface area contributed by atoms with Crippen LogP contribution in [0.2, 0.25) is 0 Å². The number of primary amides is 1. The molecule has 38 heavy (non-hydrogen) atoms. The van der Waals surface area contributed by atoms with E-state index in [0.717, 1.165) is 6.26 Å². The summed E-state index contributed by atoms with van der Waals surface area (Å²) in [6.07, 6.45) is 0.833. The van der Waals surface area contributed by atoms with E-state index in [1.807, 2.05) is 0 Å². The molecule has 198 valence electrons. The van der Waals surface area contributed by atoms with Crippen molar-refractivity contribution in [3.63, 3.8) is 0 Å². The summed E-state index contributed by atoms with van der Waals surface area (Å²) in [6, 6.07) is 2.72. The Hall–Kier alpha value is -4.58. The van der Waals surface area contributed by atoms with Crippen LogP contribution in [-0.4, -0.2) is 68.7 Å². The van der Waals surface area contributed by atoms with Crippen molar-refractivity contribution >= 4 is 34.9 Å². The van der Waals surface area contributed by atoms with Gasteiger partial charge in [-0.1, -0.05) is 0 Å². The minimum Gasteiger partial charge on any atom is -0.508 e. The number of amides is 1. The van der Waals surface area contributed by atoms with Gasteiger partial charge < -0.3 is 40.6 Å². The van der Waals surface area contributed by atoms with Gasteiger partial charge in [-0.25, -0.2) is 4.79 Å². The molecule has 1 aromatic carbocycles. The Kier molecular flexibility index (Phi) is 5.42. The van der Waals surface area contributed by atoms with Crippen molar-refractivity contribution in [3.05, 3.63) is 52.0 Å². The highest BCUT2D eigenvalue weighted by Gasteiger charge is 2.60. The Morgan fingerprint density at radius 3 is 2.45 bits per heavy atom. The number of carbonyl (C=O) groups is 4. The number of phenols is 1. The molecule has 5 rings (SSSR count). The van der Waals surface area contributed by atoms with E-state index in [-0.39, 0.29) is 40.9 Å². The number of carboxylic acids is 1. The molecule has 0 bridgehead atoms. The van der Waals surface area contributed by atoms with E-state index in [0.29, 0.717) is 11.3 Å². The van der Waals surface area contributed by atoms with Gasteiger partial charge in [-0.05, 0) is 36.5 Å². The number of hydrogen-bond acceptors (Lipinski definition) is 10. The van der Waals surface area contributed by atoms with Crippen molar-refractivity contribution in [1.29, 1.82) is 0 Å². The number of aromatic carboxylic acids is 1. The van der Waals surface area contributed by atoms with Crippen LogP contribution in [-0.2, 0) is 20.8 Å². The van der Waals surface area contributed by atoms with Crippen LogP contribution in [0.4, 0.5) is 5.69 Å². The molecule has 7 N–H and O–H groups in total. The number of Topliss-reactive ketones (excluding diaryl/α,β-unsaturated/α-hetero) is 2. The van der Waals surface area contributed by atoms with Gasteiger partial charge in [0.1, 0.15) is 28.4 Å². The first-order chi connectivity index (χ1) is 17.8. The van der Waals surface area contributed by atoms with Gasteiger partial charge in [0, 0.05) is 37.7 Å². The maximum absolute atomic E-state index is 13.7. The number of furan rings is 1. The first kappa shape index (κ1) is 25.1. The van der Waals surface area contributed by atoms with E-state index in [1.54, 1.807) is 19.0 Å². The van der Waals surface area contributed by atoms with Gasteiger partial charge in [0.05, 0.1) is 17.4 Å². The zero-order chi connectivity index (χ0) is 27.8. The van der Waals surface area contributed by atoms with Crippen molar-refractivity contribution in [1.82, 2.24) is 0 Å². The molecule has 0 radical (unpaired) electrons. The number of aliphatic hydroxyl groups is 3. The number of aromatic hydroxyl groups is 1. The van der Waals surface area contributed by atoms with Crippen molar-refractivity contribution < 1.29 is 49.1 Å².